The van der Waals surface area contributed by atoms with Gasteiger partial charge in [-0.3, -0.25) is 0 Å². The van der Waals surface area contributed by atoms with Gasteiger partial charge >= 0.3 is 36.3 Å². The Hall–Kier alpha value is 1.23. The molecule has 0 aromatic heterocycles. The standard InChI is InChI=1S/Ag.HI.6H2O/h;1H;6*1H2/q+1;;;;;;;/p-1. The van der Waals surface area contributed by atoms with Gasteiger partial charge in [-0.15, -0.1) is 0 Å². The van der Waals surface area contributed by atoms with Crippen molar-refractivity contribution in [2.45, 2.75) is 0 Å². The third kappa shape index (κ3) is 185. The summed E-state index contributed by atoms with van der Waals surface area (Å²) in [7, 11) is 0. The predicted octanol–water partition coefficient (Wildman–Crippen LogP) is -4.06. The summed E-state index contributed by atoms with van der Waals surface area (Å²) >= 11 is 4.88. The fourth-order valence-corrected chi connectivity index (χ4v) is 0. The molecule has 8 heteroatoms. The molecule has 0 radical (unpaired) electrons. The minimum absolute atomic E-state index is 0. The van der Waals surface area contributed by atoms with E-state index in [4.69, 9.17) is 0 Å². The van der Waals surface area contributed by atoms with Crippen LogP contribution in [-0.4, -0.2) is 32.9 Å². The van der Waals surface area contributed by atoms with Crippen LogP contribution in [-0.2, 0) is 17.3 Å². The summed E-state index contributed by atoms with van der Waals surface area (Å²) in [6.07, 6.45) is 0. The van der Waals surface area contributed by atoms with Gasteiger partial charge in [0.1, 0.15) is 0 Å². The molecule has 0 bridgehead atoms. The second kappa shape index (κ2) is 284. The molecule has 0 unspecified atom stereocenters. The van der Waals surface area contributed by atoms with Crippen LogP contribution in [0.25, 0.3) is 0 Å². The van der Waals surface area contributed by atoms with Crippen molar-refractivity contribution < 1.29 is 50.1 Å². The Morgan fingerprint density at radius 2 is 0.500 bits per heavy atom. The van der Waals surface area contributed by atoms with Crippen molar-refractivity contribution in [2.75, 3.05) is 0 Å². The molecule has 0 fully saturated rings. The van der Waals surface area contributed by atoms with Crippen LogP contribution < -0.4 is 0 Å². The molecular weight excluding hydrogens is 331 g/mol. The molecule has 0 heterocycles. The summed E-state index contributed by atoms with van der Waals surface area (Å²) in [5.41, 5.74) is 0. The average molecular weight is 343 g/mol. The summed E-state index contributed by atoms with van der Waals surface area (Å²) in [5.74, 6) is 0. The Morgan fingerprint density at radius 3 is 0.500 bits per heavy atom. The Bertz CT molecular complexity index is 8.49. The van der Waals surface area contributed by atoms with Gasteiger partial charge in [-0.1, -0.05) is 0 Å². The summed E-state index contributed by atoms with van der Waals surface area (Å²) < 4.78 is 0. The molecule has 0 aliphatic rings. The van der Waals surface area contributed by atoms with Crippen molar-refractivity contribution in [1.82, 2.24) is 0 Å². The molecule has 66 valence electrons. The van der Waals surface area contributed by atoms with Gasteiger partial charge in [-0.05, 0) is 0 Å². The molecule has 0 amide bonds. The molecule has 0 aromatic rings. The minimum atomic E-state index is 0. The van der Waals surface area contributed by atoms with Crippen molar-refractivity contribution in [1.29, 1.82) is 0 Å². The van der Waals surface area contributed by atoms with Crippen LogP contribution in [0.2, 0.25) is 0 Å². The summed E-state index contributed by atoms with van der Waals surface area (Å²) in [4.78, 5) is 0. The second-order valence-corrected chi connectivity index (χ2v) is 0. The summed E-state index contributed by atoms with van der Waals surface area (Å²) in [6, 6.07) is 0. The first kappa shape index (κ1) is 126. The molecule has 0 atom stereocenters. The topological polar surface area (TPSA) is 189 Å². The van der Waals surface area contributed by atoms with E-state index in [1.165, 1.54) is 0 Å². The van der Waals surface area contributed by atoms with Gasteiger partial charge in [0, 0.05) is 0 Å². The third-order valence-corrected chi connectivity index (χ3v) is 0. The Kier molecular flexibility index (Phi) is 4470. The van der Waals surface area contributed by atoms with Gasteiger partial charge in [-0.25, -0.2) is 0 Å². The molecule has 6 nitrogen and oxygen atoms in total. The molecular formula is H12AgIO6. The summed E-state index contributed by atoms with van der Waals surface area (Å²) in [6.45, 7) is 0. The van der Waals surface area contributed by atoms with E-state index < -0.39 is 0 Å². The molecule has 8 heavy (non-hydrogen) atoms. The number of rotatable bonds is 0. The third-order valence-electron chi connectivity index (χ3n) is 0. The fraction of sp³-hybridized carbons (Fsp3) is 0. The normalized spacial score (nSPS) is 0.875. The molecule has 0 spiro atoms. The van der Waals surface area contributed by atoms with Crippen LogP contribution >= 0.6 is 19.0 Å². The first-order valence-electron chi connectivity index (χ1n) is 0.114. The van der Waals surface area contributed by atoms with E-state index in [2.05, 4.69) is 17.3 Å². The zero-order valence-corrected chi connectivity index (χ0v) is 7.32. The van der Waals surface area contributed by atoms with Crippen molar-refractivity contribution >= 4 is 19.0 Å². The zero-order valence-electron chi connectivity index (χ0n) is 3.68. The van der Waals surface area contributed by atoms with Crippen LogP contribution in [0.5, 0.6) is 0 Å². The second-order valence-electron chi connectivity index (χ2n) is 0. The molecule has 0 aliphatic carbocycles. The molecule has 0 aliphatic heterocycles. The van der Waals surface area contributed by atoms with E-state index >= 15 is 0 Å². The van der Waals surface area contributed by atoms with Crippen LogP contribution in [0.3, 0.4) is 0 Å². The molecule has 0 aromatic carbocycles. The Balaban J connectivity index is -0.000000000333. The number of halogens is 1. The van der Waals surface area contributed by atoms with E-state index in [9.17, 15) is 0 Å². The average Bonchev–Trinajstić information content (AvgIpc) is 1.00. The Morgan fingerprint density at radius 1 is 0.500 bits per heavy atom. The summed E-state index contributed by atoms with van der Waals surface area (Å²) in [5, 5.41) is 0. The van der Waals surface area contributed by atoms with Crippen molar-refractivity contribution in [3.63, 3.8) is 0 Å². The molecule has 0 saturated heterocycles. The SMILES string of the molecule is O.O.O.O.O.O.[Ag][I]. The van der Waals surface area contributed by atoms with E-state index in [1.807, 2.05) is 19.0 Å². The van der Waals surface area contributed by atoms with Crippen molar-refractivity contribution in [3.8, 4) is 0 Å². The van der Waals surface area contributed by atoms with E-state index in [0.29, 0.717) is 0 Å². The van der Waals surface area contributed by atoms with Gasteiger partial charge in [0.2, 0.25) is 0 Å². The fourth-order valence-electron chi connectivity index (χ4n) is 0. The predicted molar refractivity (Wildman–Crippen MR) is 35.7 cm³/mol. The molecule has 12 N–H and O–H groups in total. The van der Waals surface area contributed by atoms with E-state index in [1.54, 1.807) is 0 Å². The molecule has 0 rings (SSSR count). The number of hydrogen-bond donors (Lipinski definition) is 0. The van der Waals surface area contributed by atoms with Crippen LogP contribution in [0.1, 0.15) is 0 Å². The van der Waals surface area contributed by atoms with Crippen LogP contribution in [0, 0.1) is 0 Å². The van der Waals surface area contributed by atoms with E-state index in [0.717, 1.165) is 0 Å². The van der Waals surface area contributed by atoms with Crippen LogP contribution in [0.15, 0.2) is 0 Å². The Labute approximate surface area is 68.9 Å². The van der Waals surface area contributed by atoms with E-state index in [-0.39, 0.29) is 32.9 Å². The first-order chi connectivity index (χ1) is 1.00. The van der Waals surface area contributed by atoms with Crippen molar-refractivity contribution in [2.24, 2.45) is 0 Å². The van der Waals surface area contributed by atoms with Gasteiger partial charge in [0.15, 0.2) is 0 Å². The monoisotopic (exact) mass is 342 g/mol. The van der Waals surface area contributed by atoms with Gasteiger partial charge in [0.05, 0.1) is 0 Å². The van der Waals surface area contributed by atoms with Gasteiger partial charge in [0.25, 0.3) is 0 Å². The maximum absolute atomic E-state index is 2.92. The van der Waals surface area contributed by atoms with Gasteiger partial charge in [-0.2, -0.15) is 0 Å². The quantitative estimate of drug-likeness (QED) is 0.306. The maximum atomic E-state index is 2.92. The zero-order chi connectivity index (χ0) is 2.00. The number of hydrogen-bond acceptors (Lipinski definition) is 0. The van der Waals surface area contributed by atoms with Gasteiger partial charge < -0.3 is 32.9 Å². The van der Waals surface area contributed by atoms with Crippen LogP contribution in [0.4, 0.5) is 0 Å². The first-order valence-corrected chi connectivity index (χ1v) is 4.52. The molecule has 0 saturated carbocycles. The van der Waals surface area contributed by atoms with Crippen molar-refractivity contribution in [3.05, 3.63) is 0 Å².